The van der Waals surface area contributed by atoms with Gasteiger partial charge in [0.15, 0.2) is 5.03 Å². The van der Waals surface area contributed by atoms with Gasteiger partial charge in [0.2, 0.25) is 0 Å². The Morgan fingerprint density at radius 1 is 1.59 bits per heavy atom. The van der Waals surface area contributed by atoms with Gasteiger partial charge < -0.3 is 5.32 Å². The third-order valence-electron chi connectivity index (χ3n) is 2.17. The van der Waals surface area contributed by atoms with E-state index < -0.39 is 10.0 Å². The molecule has 0 aliphatic heterocycles. The lowest BCUT2D eigenvalue weighted by molar-refractivity contribution is 0.457. The van der Waals surface area contributed by atoms with Gasteiger partial charge in [-0.3, -0.25) is 4.68 Å². The first kappa shape index (κ1) is 16.7. The largest absolute Gasteiger partial charge is 0.318 e. The van der Waals surface area contributed by atoms with E-state index in [2.05, 4.69) is 10.4 Å². The van der Waals surface area contributed by atoms with Gasteiger partial charge in [-0.2, -0.15) is 9.40 Å². The van der Waals surface area contributed by atoms with Gasteiger partial charge in [0.05, 0.1) is 11.2 Å². The summed E-state index contributed by atoms with van der Waals surface area (Å²) in [6.45, 7) is 0.950. The Morgan fingerprint density at radius 3 is 2.59 bits per heavy atom. The van der Waals surface area contributed by atoms with E-state index in [4.69, 9.17) is 11.6 Å². The summed E-state index contributed by atoms with van der Waals surface area (Å²) in [6, 6.07) is 0. The lowest BCUT2D eigenvalue weighted by Crippen LogP contribution is -2.34. The van der Waals surface area contributed by atoms with Crippen molar-refractivity contribution >= 4 is 34.0 Å². The fourth-order valence-corrected chi connectivity index (χ4v) is 2.99. The Kier molecular flexibility index (Phi) is 6.42. The predicted octanol–water partition coefficient (Wildman–Crippen LogP) is 0.335. The van der Waals surface area contributed by atoms with Crippen LogP contribution in [0, 0.1) is 0 Å². The standard InChI is InChI=1S/C8H15ClN4O2S.ClH/c1-10-4-5-12(2)16(14,15)8-7(9)6-11-13(8)3;/h6,10H,4-5H2,1-3H3;1H. The molecule has 0 saturated heterocycles. The minimum atomic E-state index is -3.57. The molecule has 1 heterocycles. The maximum Gasteiger partial charge on any atom is 0.261 e. The summed E-state index contributed by atoms with van der Waals surface area (Å²) in [5.74, 6) is 0. The number of aryl methyl sites for hydroxylation is 1. The molecule has 0 saturated carbocycles. The Hall–Kier alpha value is -0.340. The minimum Gasteiger partial charge on any atom is -0.318 e. The molecule has 1 N–H and O–H groups in total. The lowest BCUT2D eigenvalue weighted by Gasteiger charge is -2.16. The highest BCUT2D eigenvalue weighted by Crippen LogP contribution is 2.22. The van der Waals surface area contributed by atoms with Crippen molar-refractivity contribution in [1.82, 2.24) is 19.4 Å². The molecular formula is C8H16Cl2N4O2S. The number of hydrogen-bond donors (Lipinski definition) is 1. The van der Waals surface area contributed by atoms with Gasteiger partial charge in [-0.05, 0) is 7.05 Å². The topological polar surface area (TPSA) is 67.2 Å². The van der Waals surface area contributed by atoms with Crippen molar-refractivity contribution in [3.63, 3.8) is 0 Å². The summed E-state index contributed by atoms with van der Waals surface area (Å²) in [7, 11) is 1.25. The number of nitrogens with zero attached hydrogens (tertiary/aromatic N) is 3. The van der Waals surface area contributed by atoms with Crippen LogP contribution < -0.4 is 5.32 Å². The Bertz CT molecular complexity index is 441. The zero-order valence-electron chi connectivity index (χ0n) is 9.84. The molecule has 6 nitrogen and oxygen atoms in total. The van der Waals surface area contributed by atoms with Crippen molar-refractivity contribution < 1.29 is 8.42 Å². The van der Waals surface area contributed by atoms with Crippen LogP contribution in [0.1, 0.15) is 0 Å². The first-order chi connectivity index (χ1) is 7.41. The number of halogens is 2. The number of nitrogens with one attached hydrogen (secondary N) is 1. The van der Waals surface area contributed by atoms with Crippen LogP contribution in [0.2, 0.25) is 5.02 Å². The van der Waals surface area contributed by atoms with Crippen molar-refractivity contribution in [2.75, 3.05) is 27.2 Å². The fraction of sp³-hybridized carbons (Fsp3) is 0.625. The first-order valence-electron chi connectivity index (χ1n) is 4.69. The van der Waals surface area contributed by atoms with E-state index in [1.165, 1.54) is 22.2 Å². The number of aromatic nitrogens is 2. The van der Waals surface area contributed by atoms with Crippen LogP contribution in [-0.4, -0.2) is 49.7 Å². The van der Waals surface area contributed by atoms with Crippen LogP contribution >= 0.6 is 24.0 Å². The van der Waals surface area contributed by atoms with E-state index in [0.29, 0.717) is 13.1 Å². The molecule has 1 aromatic heterocycles. The molecule has 0 aliphatic rings. The van der Waals surface area contributed by atoms with E-state index in [1.807, 2.05) is 0 Å². The number of rotatable bonds is 5. The van der Waals surface area contributed by atoms with Gasteiger partial charge >= 0.3 is 0 Å². The molecule has 0 aliphatic carbocycles. The van der Waals surface area contributed by atoms with Gasteiger partial charge in [0.1, 0.15) is 0 Å². The zero-order valence-corrected chi connectivity index (χ0v) is 12.2. The number of sulfonamides is 1. The predicted molar refractivity (Wildman–Crippen MR) is 69.2 cm³/mol. The smallest absolute Gasteiger partial charge is 0.261 e. The van der Waals surface area contributed by atoms with Crippen LogP contribution in [0.15, 0.2) is 11.2 Å². The number of hydrogen-bond acceptors (Lipinski definition) is 4. The minimum absolute atomic E-state index is 0. The van der Waals surface area contributed by atoms with E-state index in [9.17, 15) is 8.42 Å². The molecule has 9 heteroatoms. The van der Waals surface area contributed by atoms with E-state index in [-0.39, 0.29) is 22.5 Å². The van der Waals surface area contributed by atoms with Crippen LogP contribution in [-0.2, 0) is 17.1 Å². The van der Waals surface area contributed by atoms with Gasteiger partial charge in [-0.1, -0.05) is 11.6 Å². The van der Waals surface area contributed by atoms with Gasteiger partial charge in [0, 0.05) is 27.2 Å². The summed E-state index contributed by atoms with van der Waals surface area (Å²) in [6.07, 6.45) is 1.32. The summed E-state index contributed by atoms with van der Waals surface area (Å²) in [5.41, 5.74) is 0. The Morgan fingerprint density at radius 2 is 2.18 bits per heavy atom. The summed E-state index contributed by atoms with van der Waals surface area (Å²) in [5, 5.41) is 6.85. The van der Waals surface area contributed by atoms with Gasteiger partial charge in [-0.15, -0.1) is 12.4 Å². The second-order valence-corrected chi connectivity index (χ2v) is 5.72. The fourth-order valence-electron chi connectivity index (χ4n) is 1.23. The quantitative estimate of drug-likeness (QED) is 0.851. The zero-order chi connectivity index (χ0) is 12.3. The normalized spacial score (nSPS) is 11.6. The third-order valence-corrected chi connectivity index (χ3v) is 4.54. The molecule has 17 heavy (non-hydrogen) atoms. The van der Waals surface area contributed by atoms with E-state index >= 15 is 0 Å². The van der Waals surface area contributed by atoms with Crippen molar-refractivity contribution in [1.29, 1.82) is 0 Å². The van der Waals surface area contributed by atoms with Crippen LogP contribution in [0.3, 0.4) is 0 Å². The van der Waals surface area contributed by atoms with Crippen LogP contribution in [0.5, 0.6) is 0 Å². The van der Waals surface area contributed by atoms with E-state index in [0.717, 1.165) is 0 Å². The molecule has 0 unspecified atom stereocenters. The molecule has 0 aromatic carbocycles. The van der Waals surface area contributed by atoms with Crippen LogP contribution in [0.4, 0.5) is 0 Å². The average molecular weight is 303 g/mol. The molecule has 100 valence electrons. The molecule has 0 bridgehead atoms. The molecule has 1 rings (SSSR count). The van der Waals surface area contributed by atoms with Crippen LogP contribution in [0.25, 0.3) is 0 Å². The van der Waals surface area contributed by atoms with Crippen molar-refractivity contribution in [3.05, 3.63) is 11.2 Å². The maximum absolute atomic E-state index is 12.1. The lowest BCUT2D eigenvalue weighted by atomic mass is 10.6. The SMILES string of the molecule is CNCCN(C)S(=O)(=O)c1c(Cl)cnn1C.Cl. The van der Waals surface area contributed by atoms with Gasteiger partial charge in [0.25, 0.3) is 10.0 Å². The molecule has 1 aromatic rings. The molecular weight excluding hydrogens is 287 g/mol. The molecule has 0 atom stereocenters. The second-order valence-electron chi connectivity index (χ2n) is 3.35. The summed E-state index contributed by atoms with van der Waals surface area (Å²) < 4.78 is 26.7. The monoisotopic (exact) mass is 302 g/mol. The highest BCUT2D eigenvalue weighted by molar-refractivity contribution is 7.89. The Balaban J connectivity index is 0.00000256. The highest BCUT2D eigenvalue weighted by Gasteiger charge is 2.26. The highest BCUT2D eigenvalue weighted by atomic mass is 35.5. The molecule has 0 radical (unpaired) electrons. The first-order valence-corrected chi connectivity index (χ1v) is 6.51. The average Bonchev–Trinajstić information content (AvgIpc) is 2.55. The molecule has 0 amide bonds. The molecule has 0 fully saturated rings. The maximum atomic E-state index is 12.1. The van der Waals surface area contributed by atoms with Crippen molar-refractivity contribution in [2.45, 2.75) is 5.03 Å². The van der Waals surface area contributed by atoms with Crippen molar-refractivity contribution in [3.8, 4) is 0 Å². The number of likely N-dealkylation sites (N-methyl/N-ethyl adjacent to an activating group) is 2. The third kappa shape index (κ3) is 3.56. The van der Waals surface area contributed by atoms with Gasteiger partial charge in [-0.25, -0.2) is 8.42 Å². The van der Waals surface area contributed by atoms with E-state index in [1.54, 1.807) is 14.1 Å². The summed E-state index contributed by atoms with van der Waals surface area (Å²) >= 11 is 5.80. The van der Waals surface area contributed by atoms with Crippen molar-refractivity contribution in [2.24, 2.45) is 7.05 Å². The second kappa shape index (κ2) is 6.55. The summed E-state index contributed by atoms with van der Waals surface area (Å²) in [4.78, 5) is 0. The molecule has 0 spiro atoms. The Labute approximate surface area is 112 Å².